The largest absolute Gasteiger partial charge is 0.495 e. The zero-order valence-electron chi connectivity index (χ0n) is 20.5. The number of nitroso groups, excluding NO2 is 1. The van der Waals surface area contributed by atoms with Crippen LogP contribution >= 0.6 is 23.2 Å². The quantitative estimate of drug-likeness (QED) is 0.270. The second-order valence-corrected chi connectivity index (χ2v) is 9.16. The van der Waals surface area contributed by atoms with Gasteiger partial charge in [0.2, 0.25) is 0 Å². The molecular weight excluding hydrogens is 519 g/mol. The van der Waals surface area contributed by atoms with Gasteiger partial charge < -0.3 is 19.5 Å². The van der Waals surface area contributed by atoms with E-state index in [1.54, 1.807) is 31.4 Å². The molecule has 12 heteroatoms. The van der Waals surface area contributed by atoms with Gasteiger partial charge >= 0.3 is 0 Å². The molecule has 37 heavy (non-hydrogen) atoms. The highest BCUT2D eigenvalue weighted by Crippen LogP contribution is 2.40. The summed E-state index contributed by atoms with van der Waals surface area (Å²) >= 11 is 12.6. The minimum Gasteiger partial charge on any atom is -0.495 e. The first kappa shape index (κ1) is 26.5. The van der Waals surface area contributed by atoms with Crippen molar-refractivity contribution in [3.8, 4) is 23.3 Å². The molecule has 1 saturated heterocycles. The molecule has 0 aliphatic carbocycles. The van der Waals surface area contributed by atoms with Crippen LogP contribution in [0.2, 0.25) is 10.0 Å². The van der Waals surface area contributed by atoms with Gasteiger partial charge in [0.25, 0.3) is 0 Å². The zero-order chi connectivity index (χ0) is 26.4. The van der Waals surface area contributed by atoms with Crippen LogP contribution in [0.4, 0.5) is 11.4 Å². The monoisotopic (exact) mass is 544 g/mol. The number of halogens is 2. The Labute approximate surface area is 224 Å². The lowest BCUT2D eigenvalue weighted by Gasteiger charge is -2.31. The predicted molar refractivity (Wildman–Crippen MR) is 143 cm³/mol. The number of nitrogens with one attached hydrogen (secondary N) is 1. The minimum absolute atomic E-state index is 0.332. The highest BCUT2D eigenvalue weighted by Gasteiger charge is 2.18. The van der Waals surface area contributed by atoms with Crippen molar-refractivity contribution in [3.05, 3.63) is 51.0 Å². The maximum absolute atomic E-state index is 10.6. The summed E-state index contributed by atoms with van der Waals surface area (Å²) in [5, 5.41) is 18.9. The van der Waals surface area contributed by atoms with Crippen LogP contribution < -0.4 is 19.5 Å². The summed E-state index contributed by atoms with van der Waals surface area (Å²) in [4.78, 5) is 17.4. The summed E-state index contributed by atoms with van der Waals surface area (Å²) in [5.41, 5.74) is 1.99. The van der Waals surface area contributed by atoms with E-state index in [0.29, 0.717) is 74.8 Å². The molecule has 1 fully saturated rings. The van der Waals surface area contributed by atoms with E-state index in [-0.39, 0.29) is 0 Å². The summed E-state index contributed by atoms with van der Waals surface area (Å²) in [5.74, 6) is 1.51. The van der Waals surface area contributed by atoms with Crippen LogP contribution in [-0.4, -0.2) is 68.4 Å². The number of hydrogen-bond donors (Lipinski definition) is 1. The van der Waals surface area contributed by atoms with Crippen molar-refractivity contribution in [3.63, 3.8) is 0 Å². The van der Waals surface area contributed by atoms with Gasteiger partial charge in [-0.15, -0.1) is 4.91 Å². The van der Waals surface area contributed by atoms with Crippen molar-refractivity contribution in [2.75, 3.05) is 58.9 Å². The number of pyridine rings is 1. The molecule has 1 aliphatic rings. The lowest BCUT2D eigenvalue weighted by Crippen LogP contribution is -2.44. The topological polar surface area (TPSA) is 112 Å². The maximum Gasteiger partial charge on any atom is 0.163 e. The predicted octanol–water partition coefficient (Wildman–Crippen LogP) is 5.24. The standard InChI is InChI=1S/C25H26Cl2N6O4/c1-35-22-13-21(18(26)11-19(22)27)30-25-16(14-28)15-29-20-12-24(23(36-2)10-17(20)25)37-9-3-4-32-5-7-33(31-34)8-6-32/h10-13,15H,3-9H2,1-2H3,(H,29,30). The Morgan fingerprint density at radius 2 is 1.81 bits per heavy atom. The van der Waals surface area contributed by atoms with Gasteiger partial charge in [-0.05, 0) is 18.6 Å². The minimum atomic E-state index is 0.332. The molecule has 1 N–H and O–H groups in total. The lowest BCUT2D eigenvalue weighted by molar-refractivity contribution is 0.127. The molecule has 2 aromatic carbocycles. The molecule has 194 valence electrons. The fourth-order valence-corrected chi connectivity index (χ4v) is 4.63. The Morgan fingerprint density at radius 3 is 2.49 bits per heavy atom. The van der Waals surface area contributed by atoms with Gasteiger partial charge in [0.15, 0.2) is 11.5 Å². The number of hydrogen-bond acceptors (Lipinski definition) is 9. The fourth-order valence-electron chi connectivity index (χ4n) is 4.12. The van der Waals surface area contributed by atoms with Gasteiger partial charge in [-0.2, -0.15) is 5.26 Å². The molecule has 0 amide bonds. The lowest BCUT2D eigenvalue weighted by atomic mass is 10.1. The van der Waals surface area contributed by atoms with E-state index in [1.807, 2.05) is 0 Å². The molecule has 1 aromatic heterocycles. The van der Waals surface area contributed by atoms with Gasteiger partial charge in [0.1, 0.15) is 11.8 Å². The number of rotatable bonds is 10. The fraction of sp³-hybridized carbons (Fsp3) is 0.360. The van der Waals surface area contributed by atoms with E-state index >= 15 is 0 Å². The molecule has 0 radical (unpaired) electrons. The van der Waals surface area contributed by atoms with Crippen molar-refractivity contribution in [2.24, 2.45) is 5.29 Å². The Morgan fingerprint density at radius 1 is 1.05 bits per heavy atom. The number of aromatic nitrogens is 1. The van der Waals surface area contributed by atoms with E-state index in [1.165, 1.54) is 18.3 Å². The number of benzene rings is 2. The molecule has 2 heterocycles. The van der Waals surface area contributed by atoms with Gasteiger partial charge in [-0.25, -0.2) is 0 Å². The van der Waals surface area contributed by atoms with Crippen LogP contribution in [0.3, 0.4) is 0 Å². The first-order valence-corrected chi connectivity index (χ1v) is 12.4. The van der Waals surface area contributed by atoms with E-state index < -0.39 is 0 Å². The van der Waals surface area contributed by atoms with Gasteiger partial charge in [0.05, 0.1) is 71.7 Å². The average Bonchev–Trinajstić information content (AvgIpc) is 2.92. The van der Waals surface area contributed by atoms with Crippen molar-refractivity contribution in [1.82, 2.24) is 14.9 Å². The summed E-state index contributed by atoms with van der Waals surface area (Å²) in [6, 6.07) is 8.99. The molecule has 0 atom stereocenters. The highest BCUT2D eigenvalue weighted by molar-refractivity contribution is 6.37. The first-order valence-electron chi connectivity index (χ1n) is 11.6. The number of anilines is 2. The summed E-state index contributed by atoms with van der Waals surface area (Å²) in [6.07, 6.45) is 2.30. The van der Waals surface area contributed by atoms with E-state index in [0.717, 1.165) is 26.1 Å². The van der Waals surface area contributed by atoms with Crippen LogP contribution in [0.25, 0.3) is 10.9 Å². The normalized spacial score (nSPS) is 13.8. The van der Waals surface area contributed by atoms with Gasteiger partial charge in [-0.3, -0.25) is 14.9 Å². The molecule has 0 unspecified atom stereocenters. The van der Waals surface area contributed by atoms with Crippen molar-refractivity contribution in [1.29, 1.82) is 5.26 Å². The van der Waals surface area contributed by atoms with E-state index in [2.05, 4.69) is 26.6 Å². The molecule has 4 rings (SSSR count). The zero-order valence-corrected chi connectivity index (χ0v) is 22.0. The number of ether oxygens (including phenoxy) is 3. The molecule has 10 nitrogen and oxygen atoms in total. The van der Waals surface area contributed by atoms with Crippen molar-refractivity contribution < 1.29 is 14.2 Å². The Balaban J connectivity index is 1.54. The molecule has 0 spiro atoms. The molecular formula is C25H26Cl2N6O4. The number of nitriles is 1. The number of fused-ring (bicyclic) bond motifs is 1. The molecule has 1 aliphatic heterocycles. The Bertz CT molecular complexity index is 1330. The van der Waals surface area contributed by atoms with Crippen LogP contribution in [0.1, 0.15) is 12.0 Å². The Hall–Kier alpha value is -3.52. The number of methoxy groups -OCH3 is 2. The van der Waals surface area contributed by atoms with Crippen LogP contribution in [0.5, 0.6) is 17.2 Å². The maximum atomic E-state index is 10.6. The molecule has 0 saturated carbocycles. The Kier molecular flexibility index (Phi) is 8.71. The van der Waals surface area contributed by atoms with Gasteiger partial charge in [-0.1, -0.05) is 23.2 Å². The smallest absolute Gasteiger partial charge is 0.163 e. The SMILES string of the molecule is COc1cc(Nc2c(C#N)cnc3cc(OCCCN4CCN(N=O)CC4)c(OC)cc23)c(Cl)cc1Cl. The first-order chi connectivity index (χ1) is 18.0. The van der Waals surface area contributed by atoms with Crippen LogP contribution in [-0.2, 0) is 0 Å². The second kappa shape index (κ2) is 12.1. The molecule has 3 aromatic rings. The van der Waals surface area contributed by atoms with Crippen LogP contribution in [0.15, 0.2) is 35.7 Å². The second-order valence-electron chi connectivity index (χ2n) is 8.35. The highest BCUT2D eigenvalue weighted by atomic mass is 35.5. The average molecular weight is 545 g/mol. The van der Waals surface area contributed by atoms with Crippen molar-refractivity contribution >= 4 is 45.5 Å². The summed E-state index contributed by atoms with van der Waals surface area (Å²) in [7, 11) is 3.07. The van der Waals surface area contributed by atoms with Crippen LogP contribution in [0, 0.1) is 16.2 Å². The summed E-state index contributed by atoms with van der Waals surface area (Å²) < 4.78 is 16.9. The van der Waals surface area contributed by atoms with Crippen molar-refractivity contribution in [2.45, 2.75) is 6.42 Å². The van der Waals surface area contributed by atoms with Gasteiger partial charge in [0, 0.05) is 43.4 Å². The third-order valence-corrected chi connectivity index (χ3v) is 6.72. The number of piperazine rings is 1. The summed E-state index contributed by atoms with van der Waals surface area (Å²) in [6.45, 7) is 4.22. The van der Waals surface area contributed by atoms with E-state index in [4.69, 9.17) is 37.4 Å². The third-order valence-electron chi connectivity index (χ3n) is 6.12. The van der Waals surface area contributed by atoms with E-state index in [9.17, 15) is 10.2 Å². The molecule has 0 bridgehead atoms. The third kappa shape index (κ3) is 6.07. The number of nitrogens with zero attached hydrogens (tertiary/aromatic N) is 5.